The van der Waals surface area contributed by atoms with Crippen LogP contribution in [0.5, 0.6) is 0 Å². The summed E-state index contributed by atoms with van der Waals surface area (Å²) in [5.74, 6) is 0.0433. The first-order valence-corrected chi connectivity index (χ1v) is 7.37. The van der Waals surface area contributed by atoms with Crippen molar-refractivity contribution in [2.75, 3.05) is 13.1 Å². The fraction of sp³-hybridized carbons (Fsp3) is 0.500. The third-order valence-corrected chi connectivity index (χ3v) is 3.88. The lowest BCUT2D eigenvalue weighted by Gasteiger charge is -2.16. The van der Waals surface area contributed by atoms with Crippen LogP contribution in [0.3, 0.4) is 0 Å². The fourth-order valence-electron chi connectivity index (χ4n) is 2.39. The lowest BCUT2D eigenvalue weighted by molar-refractivity contribution is -0.126. The van der Waals surface area contributed by atoms with Crippen molar-refractivity contribution in [3.05, 3.63) is 35.4 Å². The van der Waals surface area contributed by atoms with Crippen LogP contribution in [-0.4, -0.2) is 24.9 Å². The Balaban J connectivity index is 1.85. The van der Waals surface area contributed by atoms with Gasteiger partial charge in [0.1, 0.15) is 0 Å². The van der Waals surface area contributed by atoms with Gasteiger partial charge in [-0.25, -0.2) is 0 Å². The van der Waals surface area contributed by atoms with Crippen molar-refractivity contribution in [3.8, 4) is 0 Å². The Bertz CT molecular complexity index is 511. The molecule has 5 heteroatoms. The third kappa shape index (κ3) is 4.04. The third-order valence-electron chi connectivity index (χ3n) is 3.88. The molecule has 2 atom stereocenters. The van der Waals surface area contributed by atoms with E-state index in [9.17, 15) is 9.59 Å². The van der Waals surface area contributed by atoms with Crippen LogP contribution in [0.4, 0.5) is 0 Å². The largest absolute Gasteiger partial charge is 0.355 e. The summed E-state index contributed by atoms with van der Waals surface area (Å²) >= 11 is 0. The smallest absolute Gasteiger partial charge is 0.225 e. The maximum absolute atomic E-state index is 11.9. The molecule has 0 radical (unpaired) electrons. The molecule has 1 aromatic carbocycles. The zero-order chi connectivity index (χ0) is 15.4. The molecule has 2 rings (SSSR count). The first-order valence-electron chi connectivity index (χ1n) is 7.37. The molecule has 21 heavy (non-hydrogen) atoms. The molecule has 1 saturated heterocycles. The molecule has 114 valence electrons. The van der Waals surface area contributed by atoms with Crippen molar-refractivity contribution < 1.29 is 9.59 Å². The Morgan fingerprint density at radius 3 is 2.48 bits per heavy atom. The predicted octanol–water partition coefficient (Wildman–Crippen LogP) is 1.06. The summed E-state index contributed by atoms with van der Waals surface area (Å²) in [6.45, 7) is 5.09. The minimum Gasteiger partial charge on any atom is -0.355 e. The van der Waals surface area contributed by atoms with E-state index in [2.05, 4.69) is 36.6 Å². The molecule has 2 unspecified atom stereocenters. The van der Waals surface area contributed by atoms with E-state index in [1.54, 1.807) is 0 Å². The van der Waals surface area contributed by atoms with Gasteiger partial charge in [-0.3, -0.25) is 9.59 Å². The molecule has 0 spiro atoms. The Hall–Kier alpha value is -1.88. The molecule has 1 aromatic rings. The summed E-state index contributed by atoms with van der Waals surface area (Å²) in [6.07, 6.45) is 0.268. The van der Waals surface area contributed by atoms with E-state index in [-0.39, 0.29) is 30.2 Å². The van der Waals surface area contributed by atoms with Crippen LogP contribution in [0.25, 0.3) is 0 Å². The van der Waals surface area contributed by atoms with Crippen LogP contribution < -0.4 is 16.4 Å². The summed E-state index contributed by atoms with van der Waals surface area (Å²) in [4.78, 5) is 23.0. The van der Waals surface area contributed by atoms with Gasteiger partial charge in [0.25, 0.3) is 0 Å². The summed E-state index contributed by atoms with van der Waals surface area (Å²) < 4.78 is 0. The van der Waals surface area contributed by atoms with Gasteiger partial charge in [0.05, 0.1) is 5.92 Å². The first-order chi connectivity index (χ1) is 9.97. The molecule has 4 N–H and O–H groups in total. The molecule has 1 aliphatic rings. The van der Waals surface area contributed by atoms with E-state index in [0.717, 1.165) is 5.56 Å². The van der Waals surface area contributed by atoms with Crippen molar-refractivity contribution in [1.82, 2.24) is 10.6 Å². The van der Waals surface area contributed by atoms with Crippen molar-refractivity contribution in [2.45, 2.75) is 32.2 Å². The quantitative estimate of drug-likeness (QED) is 0.758. The van der Waals surface area contributed by atoms with Crippen molar-refractivity contribution in [1.29, 1.82) is 0 Å². The van der Waals surface area contributed by atoms with Gasteiger partial charge in [-0.1, -0.05) is 38.1 Å². The molecule has 0 aliphatic carbocycles. The SMILES string of the molecule is CC(C)c1ccc(C(N)CNC(=O)C2CNC(=O)C2)cc1. The lowest BCUT2D eigenvalue weighted by Crippen LogP contribution is -2.36. The minimum atomic E-state index is -0.270. The monoisotopic (exact) mass is 289 g/mol. The van der Waals surface area contributed by atoms with Gasteiger partial charge in [0, 0.05) is 25.6 Å². The molecule has 0 bridgehead atoms. The van der Waals surface area contributed by atoms with E-state index in [0.29, 0.717) is 19.0 Å². The number of rotatable bonds is 5. The van der Waals surface area contributed by atoms with Crippen LogP contribution in [0.2, 0.25) is 0 Å². The molecule has 1 fully saturated rings. The van der Waals surface area contributed by atoms with Gasteiger partial charge < -0.3 is 16.4 Å². The van der Waals surface area contributed by atoms with Gasteiger partial charge in [-0.15, -0.1) is 0 Å². The lowest BCUT2D eigenvalue weighted by atomic mass is 9.99. The standard InChI is InChI=1S/C16H23N3O2/c1-10(2)11-3-5-12(6-4-11)14(17)9-19-16(21)13-7-15(20)18-8-13/h3-6,10,13-14H,7-9,17H2,1-2H3,(H,18,20)(H,19,21). The molecule has 1 aliphatic heterocycles. The summed E-state index contributed by atoms with van der Waals surface area (Å²) in [5, 5.41) is 5.48. The summed E-state index contributed by atoms with van der Waals surface area (Å²) in [7, 11) is 0. The number of nitrogens with two attached hydrogens (primary N) is 1. The van der Waals surface area contributed by atoms with Crippen LogP contribution in [0.1, 0.15) is 43.4 Å². The fourth-order valence-corrected chi connectivity index (χ4v) is 2.39. The van der Waals surface area contributed by atoms with Crippen molar-refractivity contribution in [2.24, 2.45) is 11.7 Å². The molecule has 1 heterocycles. The second-order valence-electron chi connectivity index (χ2n) is 5.88. The highest BCUT2D eigenvalue weighted by atomic mass is 16.2. The van der Waals surface area contributed by atoms with Gasteiger partial charge in [0.15, 0.2) is 0 Å². The Morgan fingerprint density at radius 1 is 1.33 bits per heavy atom. The minimum absolute atomic E-state index is 0.0660. The number of carbonyl (C=O) groups excluding carboxylic acids is 2. The van der Waals surface area contributed by atoms with E-state index in [1.165, 1.54) is 5.56 Å². The molecule has 0 aromatic heterocycles. The van der Waals surface area contributed by atoms with Crippen molar-refractivity contribution >= 4 is 11.8 Å². The summed E-state index contributed by atoms with van der Waals surface area (Å²) in [5.41, 5.74) is 8.37. The van der Waals surface area contributed by atoms with Gasteiger partial charge >= 0.3 is 0 Å². The maximum Gasteiger partial charge on any atom is 0.225 e. The number of hydrogen-bond acceptors (Lipinski definition) is 3. The molecular weight excluding hydrogens is 266 g/mol. The van der Waals surface area contributed by atoms with Gasteiger partial charge in [0.2, 0.25) is 11.8 Å². The molecule has 2 amide bonds. The Labute approximate surface area is 125 Å². The Morgan fingerprint density at radius 2 is 1.95 bits per heavy atom. The topological polar surface area (TPSA) is 84.2 Å². The van der Waals surface area contributed by atoms with E-state index < -0.39 is 0 Å². The maximum atomic E-state index is 11.9. The molecule has 5 nitrogen and oxygen atoms in total. The number of amides is 2. The summed E-state index contributed by atoms with van der Waals surface area (Å²) in [6, 6.07) is 7.92. The Kier molecular flexibility index (Phi) is 4.96. The molecule has 0 saturated carbocycles. The number of benzene rings is 1. The second kappa shape index (κ2) is 6.72. The van der Waals surface area contributed by atoms with Crippen LogP contribution >= 0.6 is 0 Å². The number of hydrogen-bond donors (Lipinski definition) is 3. The van der Waals surface area contributed by atoms with Gasteiger partial charge in [-0.2, -0.15) is 0 Å². The number of carbonyl (C=O) groups is 2. The average molecular weight is 289 g/mol. The zero-order valence-corrected chi connectivity index (χ0v) is 12.6. The predicted molar refractivity (Wildman–Crippen MR) is 81.6 cm³/mol. The highest BCUT2D eigenvalue weighted by molar-refractivity contribution is 5.89. The van der Waals surface area contributed by atoms with Crippen LogP contribution in [0.15, 0.2) is 24.3 Å². The van der Waals surface area contributed by atoms with E-state index in [4.69, 9.17) is 5.73 Å². The highest BCUT2D eigenvalue weighted by Crippen LogP contribution is 2.17. The zero-order valence-electron chi connectivity index (χ0n) is 12.6. The van der Waals surface area contributed by atoms with Crippen molar-refractivity contribution in [3.63, 3.8) is 0 Å². The molecular formula is C16H23N3O2. The average Bonchev–Trinajstić information content (AvgIpc) is 2.91. The van der Waals surface area contributed by atoms with E-state index in [1.807, 2.05) is 12.1 Å². The first kappa shape index (κ1) is 15.5. The second-order valence-corrected chi connectivity index (χ2v) is 5.88. The van der Waals surface area contributed by atoms with Crippen LogP contribution in [-0.2, 0) is 9.59 Å². The normalized spacial score (nSPS) is 19.4. The van der Waals surface area contributed by atoms with Gasteiger partial charge in [-0.05, 0) is 17.0 Å². The van der Waals surface area contributed by atoms with E-state index >= 15 is 0 Å². The number of nitrogens with one attached hydrogen (secondary N) is 2. The highest BCUT2D eigenvalue weighted by Gasteiger charge is 2.27. The van der Waals surface area contributed by atoms with Crippen LogP contribution in [0, 0.1) is 5.92 Å².